The lowest BCUT2D eigenvalue weighted by atomic mass is 9.95. The van der Waals surface area contributed by atoms with Crippen LogP contribution in [0.1, 0.15) is 18.1 Å². The van der Waals surface area contributed by atoms with Crippen molar-refractivity contribution in [3.05, 3.63) is 29.6 Å². The van der Waals surface area contributed by atoms with Crippen LogP contribution in [0.4, 0.5) is 4.39 Å². The average Bonchev–Trinajstić information content (AvgIpc) is 2.69. The molecule has 0 amide bonds. The molecular weight excluding hydrogens is 259 g/mol. The normalized spacial score (nSPS) is 23.8. The number of sulfone groups is 1. The quantitative estimate of drug-likeness (QED) is 0.902. The zero-order valence-electron chi connectivity index (χ0n) is 9.97. The first-order valence-electron chi connectivity index (χ1n) is 5.65. The predicted molar refractivity (Wildman–Crippen MR) is 64.7 cm³/mol. The van der Waals surface area contributed by atoms with Gasteiger partial charge < -0.3 is 9.84 Å². The van der Waals surface area contributed by atoms with Crippen LogP contribution in [0, 0.1) is 11.7 Å². The molecule has 4 nitrogen and oxygen atoms in total. The molecule has 2 atom stereocenters. The monoisotopic (exact) mass is 274 g/mol. The molecule has 0 saturated carbocycles. The molecule has 0 radical (unpaired) electrons. The van der Waals surface area contributed by atoms with Crippen LogP contribution in [0.15, 0.2) is 18.2 Å². The van der Waals surface area contributed by atoms with Gasteiger partial charge in [-0.15, -0.1) is 0 Å². The van der Waals surface area contributed by atoms with Gasteiger partial charge in [0.05, 0.1) is 24.7 Å². The second-order valence-corrected chi connectivity index (χ2v) is 6.70. The zero-order valence-corrected chi connectivity index (χ0v) is 10.8. The number of ether oxygens (including phenoxy) is 1. The van der Waals surface area contributed by atoms with Crippen LogP contribution in [0.3, 0.4) is 0 Å². The SMILES string of the molecule is COc1cccc(C(O)C2CCS(=O)(=O)C2)c1F. The first-order chi connectivity index (χ1) is 8.44. The molecule has 100 valence electrons. The van der Waals surface area contributed by atoms with Crippen molar-refractivity contribution < 1.29 is 22.7 Å². The van der Waals surface area contributed by atoms with Gasteiger partial charge in [-0.05, 0) is 12.5 Å². The van der Waals surface area contributed by atoms with Crippen LogP contribution in [0.2, 0.25) is 0 Å². The summed E-state index contributed by atoms with van der Waals surface area (Å²) in [5, 5.41) is 10.1. The van der Waals surface area contributed by atoms with Crippen LogP contribution in [-0.4, -0.2) is 32.1 Å². The molecule has 1 aliphatic rings. The third-order valence-electron chi connectivity index (χ3n) is 3.25. The minimum Gasteiger partial charge on any atom is -0.494 e. The van der Waals surface area contributed by atoms with Gasteiger partial charge in [-0.25, -0.2) is 12.8 Å². The minimum absolute atomic E-state index is 0.0485. The molecule has 18 heavy (non-hydrogen) atoms. The second kappa shape index (κ2) is 4.85. The molecule has 1 aromatic rings. The lowest BCUT2D eigenvalue weighted by Gasteiger charge is -2.18. The van der Waals surface area contributed by atoms with Crippen molar-refractivity contribution in [2.75, 3.05) is 18.6 Å². The highest BCUT2D eigenvalue weighted by atomic mass is 32.2. The number of halogens is 1. The van der Waals surface area contributed by atoms with Crippen molar-refractivity contribution in [3.8, 4) is 5.75 Å². The standard InChI is InChI=1S/C12H15FO4S/c1-17-10-4-2-3-9(11(10)13)12(14)8-5-6-18(15,16)7-8/h2-4,8,12,14H,5-7H2,1H3. The number of hydrogen-bond donors (Lipinski definition) is 1. The van der Waals surface area contributed by atoms with E-state index in [0.29, 0.717) is 6.42 Å². The van der Waals surface area contributed by atoms with Gasteiger partial charge in [-0.2, -0.15) is 0 Å². The molecular formula is C12H15FO4S. The van der Waals surface area contributed by atoms with Crippen LogP contribution in [0.25, 0.3) is 0 Å². The van der Waals surface area contributed by atoms with Crippen LogP contribution in [0.5, 0.6) is 5.75 Å². The minimum atomic E-state index is -3.09. The van der Waals surface area contributed by atoms with Gasteiger partial charge >= 0.3 is 0 Å². The van der Waals surface area contributed by atoms with Crippen molar-refractivity contribution in [1.82, 2.24) is 0 Å². The van der Waals surface area contributed by atoms with E-state index in [2.05, 4.69) is 0 Å². The Kier molecular flexibility index (Phi) is 3.59. The summed E-state index contributed by atoms with van der Waals surface area (Å²) in [5.74, 6) is -1.06. The van der Waals surface area contributed by atoms with E-state index in [0.717, 1.165) is 0 Å². The molecule has 0 bridgehead atoms. The van der Waals surface area contributed by atoms with E-state index in [1.165, 1.54) is 19.2 Å². The Morgan fingerprint density at radius 3 is 2.78 bits per heavy atom. The number of methoxy groups -OCH3 is 1. The Labute approximate surface area is 105 Å². The van der Waals surface area contributed by atoms with Crippen molar-refractivity contribution >= 4 is 9.84 Å². The third kappa shape index (κ3) is 2.49. The van der Waals surface area contributed by atoms with E-state index in [-0.39, 0.29) is 22.8 Å². The molecule has 1 aliphatic heterocycles. The molecule has 2 unspecified atom stereocenters. The van der Waals surface area contributed by atoms with Gasteiger partial charge in [0.2, 0.25) is 0 Å². The molecule has 0 aliphatic carbocycles. The van der Waals surface area contributed by atoms with Gasteiger partial charge in [0.1, 0.15) is 0 Å². The molecule has 2 rings (SSSR count). The van der Waals surface area contributed by atoms with Gasteiger partial charge in [-0.1, -0.05) is 12.1 Å². The van der Waals surface area contributed by atoms with E-state index >= 15 is 0 Å². The summed E-state index contributed by atoms with van der Waals surface area (Å²) >= 11 is 0. The molecule has 1 N–H and O–H groups in total. The fourth-order valence-corrected chi connectivity index (χ4v) is 4.07. The largest absolute Gasteiger partial charge is 0.494 e. The maximum Gasteiger partial charge on any atom is 0.170 e. The maximum atomic E-state index is 13.9. The Balaban J connectivity index is 2.27. The number of aliphatic hydroxyl groups excluding tert-OH is 1. The number of aliphatic hydroxyl groups is 1. The molecule has 1 fully saturated rings. The van der Waals surface area contributed by atoms with E-state index in [9.17, 15) is 17.9 Å². The van der Waals surface area contributed by atoms with Gasteiger partial charge in [-0.3, -0.25) is 0 Å². The molecule has 1 heterocycles. The maximum absolute atomic E-state index is 13.9. The van der Waals surface area contributed by atoms with Gasteiger partial charge in [0.25, 0.3) is 0 Å². The topological polar surface area (TPSA) is 63.6 Å². The van der Waals surface area contributed by atoms with Crippen molar-refractivity contribution in [2.24, 2.45) is 5.92 Å². The number of rotatable bonds is 3. The first kappa shape index (κ1) is 13.3. The molecule has 1 saturated heterocycles. The fourth-order valence-electron chi connectivity index (χ4n) is 2.24. The molecule has 0 aromatic heterocycles. The molecule has 6 heteroatoms. The Bertz CT molecular complexity index is 541. The number of benzene rings is 1. The van der Waals surface area contributed by atoms with Crippen LogP contribution in [-0.2, 0) is 9.84 Å². The Hall–Kier alpha value is -1.14. The van der Waals surface area contributed by atoms with E-state index in [1.54, 1.807) is 6.07 Å². The molecule has 1 aromatic carbocycles. The highest BCUT2D eigenvalue weighted by molar-refractivity contribution is 7.91. The highest BCUT2D eigenvalue weighted by Gasteiger charge is 2.34. The average molecular weight is 274 g/mol. The summed E-state index contributed by atoms with van der Waals surface area (Å²) in [6.45, 7) is 0. The van der Waals surface area contributed by atoms with Crippen LogP contribution < -0.4 is 4.74 Å². The number of hydrogen-bond acceptors (Lipinski definition) is 4. The summed E-state index contributed by atoms with van der Waals surface area (Å²) < 4.78 is 41.5. The van der Waals surface area contributed by atoms with Crippen LogP contribution >= 0.6 is 0 Å². The van der Waals surface area contributed by atoms with E-state index in [4.69, 9.17) is 4.74 Å². The lowest BCUT2D eigenvalue weighted by molar-refractivity contribution is 0.116. The highest BCUT2D eigenvalue weighted by Crippen LogP contribution is 2.34. The second-order valence-electron chi connectivity index (χ2n) is 4.47. The summed E-state index contributed by atoms with van der Waals surface area (Å²) in [5.41, 5.74) is 0.0939. The molecule has 0 spiro atoms. The van der Waals surface area contributed by atoms with E-state index in [1.807, 2.05) is 0 Å². The lowest BCUT2D eigenvalue weighted by Crippen LogP contribution is -2.15. The van der Waals surface area contributed by atoms with Gasteiger partial charge in [0, 0.05) is 11.5 Å². The van der Waals surface area contributed by atoms with E-state index < -0.39 is 27.7 Å². The third-order valence-corrected chi connectivity index (χ3v) is 5.04. The van der Waals surface area contributed by atoms with Gasteiger partial charge in [0.15, 0.2) is 21.4 Å². The summed E-state index contributed by atoms with van der Waals surface area (Å²) in [7, 11) is -1.75. The van der Waals surface area contributed by atoms with Crippen molar-refractivity contribution in [1.29, 1.82) is 0 Å². The summed E-state index contributed by atoms with van der Waals surface area (Å²) in [4.78, 5) is 0. The Morgan fingerprint density at radius 1 is 1.50 bits per heavy atom. The fraction of sp³-hybridized carbons (Fsp3) is 0.500. The summed E-state index contributed by atoms with van der Waals surface area (Å²) in [6, 6.07) is 4.48. The van der Waals surface area contributed by atoms with Crippen molar-refractivity contribution in [3.63, 3.8) is 0 Å². The Morgan fingerprint density at radius 2 is 2.22 bits per heavy atom. The zero-order chi connectivity index (χ0) is 13.3. The smallest absolute Gasteiger partial charge is 0.170 e. The van der Waals surface area contributed by atoms with Crippen molar-refractivity contribution in [2.45, 2.75) is 12.5 Å². The predicted octanol–water partition coefficient (Wildman–Crippen LogP) is 1.30. The summed E-state index contributed by atoms with van der Waals surface area (Å²) in [6.07, 6.45) is -0.752. The first-order valence-corrected chi connectivity index (χ1v) is 7.47.